The molecule has 1 saturated heterocycles. The molecule has 0 bridgehead atoms. The number of piperidine rings is 1. The Morgan fingerprint density at radius 3 is 2.35 bits per heavy atom. The predicted octanol–water partition coefficient (Wildman–Crippen LogP) is 2.75. The van der Waals surface area contributed by atoms with Gasteiger partial charge in [-0.1, -0.05) is 12.1 Å². The van der Waals surface area contributed by atoms with Gasteiger partial charge < -0.3 is 5.73 Å². The van der Waals surface area contributed by atoms with Crippen LogP contribution in [0.15, 0.2) is 29.2 Å². The molecule has 1 aliphatic heterocycles. The van der Waals surface area contributed by atoms with Crippen molar-refractivity contribution in [2.75, 3.05) is 19.3 Å². The summed E-state index contributed by atoms with van der Waals surface area (Å²) in [5.74, 6) is 0. The molecule has 1 aromatic carbocycles. The minimum atomic E-state index is 0. The second-order valence-electron chi connectivity index (χ2n) is 4.46. The zero-order valence-corrected chi connectivity index (χ0v) is 11.9. The first-order chi connectivity index (χ1) is 7.78. The summed E-state index contributed by atoms with van der Waals surface area (Å²) in [5, 5.41) is 0. The lowest BCUT2D eigenvalue weighted by Gasteiger charge is -2.30. The van der Waals surface area contributed by atoms with E-state index in [-0.39, 0.29) is 12.4 Å². The van der Waals surface area contributed by atoms with Crippen molar-refractivity contribution < 1.29 is 0 Å². The van der Waals surface area contributed by atoms with Crippen LogP contribution in [0.2, 0.25) is 0 Å². The standard InChI is InChI=1S/C13H20N2S.ClH/c1-16-13-4-2-11(3-5-13)10-15-8-6-12(14)7-9-15;/h2-5,12H,6-10,14H2,1H3;1H. The van der Waals surface area contributed by atoms with Crippen molar-refractivity contribution in [3.63, 3.8) is 0 Å². The number of benzene rings is 1. The van der Waals surface area contributed by atoms with Gasteiger partial charge in [0.1, 0.15) is 0 Å². The lowest BCUT2D eigenvalue weighted by molar-refractivity contribution is 0.205. The third kappa shape index (κ3) is 4.51. The summed E-state index contributed by atoms with van der Waals surface area (Å²) in [7, 11) is 0. The van der Waals surface area contributed by atoms with Gasteiger partial charge in [-0.05, 0) is 49.9 Å². The number of hydrogen-bond acceptors (Lipinski definition) is 3. The third-order valence-electron chi connectivity index (χ3n) is 3.20. The number of nitrogens with zero attached hydrogens (tertiary/aromatic N) is 1. The Hall–Kier alpha value is -0.220. The van der Waals surface area contributed by atoms with Crippen molar-refractivity contribution >= 4 is 24.2 Å². The zero-order valence-electron chi connectivity index (χ0n) is 10.3. The lowest BCUT2D eigenvalue weighted by atomic mass is 10.1. The SMILES string of the molecule is CSc1ccc(CN2CCC(N)CC2)cc1.Cl. The van der Waals surface area contributed by atoms with Crippen molar-refractivity contribution in [3.8, 4) is 0 Å². The Kier molecular flexibility index (Phi) is 6.34. The van der Waals surface area contributed by atoms with Crippen LogP contribution in [0.4, 0.5) is 0 Å². The first-order valence-electron chi connectivity index (χ1n) is 5.89. The summed E-state index contributed by atoms with van der Waals surface area (Å²) in [4.78, 5) is 3.83. The van der Waals surface area contributed by atoms with Crippen LogP contribution in [0, 0.1) is 0 Å². The normalized spacial score (nSPS) is 17.8. The van der Waals surface area contributed by atoms with E-state index in [1.807, 2.05) is 0 Å². The molecular weight excluding hydrogens is 252 g/mol. The molecule has 0 unspecified atom stereocenters. The average Bonchev–Trinajstić information content (AvgIpc) is 2.33. The van der Waals surface area contributed by atoms with Crippen LogP contribution in [0.25, 0.3) is 0 Å². The highest BCUT2D eigenvalue weighted by atomic mass is 35.5. The van der Waals surface area contributed by atoms with Gasteiger partial charge in [0.15, 0.2) is 0 Å². The molecule has 1 heterocycles. The second-order valence-corrected chi connectivity index (χ2v) is 5.34. The van der Waals surface area contributed by atoms with Gasteiger partial charge in [-0.15, -0.1) is 24.2 Å². The topological polar surface area (TPSA) is 29.3 Å². The van der Waals surface area contributed by atoms with Gasteiger partial charge in [0, 0.05) is 17.5 Å². The van der Waals surface area contributed by atoms with Crippen LogP contribution in [-0.2, 0) is 6.54 Å². The van der Waals surface area contributed by atoms with E-state index in [2.05, 4.69) is 35.4 Å². The van der Waals surface area contributed by atoms with Crippen molar-refractivity contribution in [2.45, 2.75) is 30.3 Å². The molecule has 1 aliphatic rings. The summed E-state index contributed by atoms with van der Waals surface area (Å²) >= 11 is 1.79. The van der Waals surface area contributed by atoms with E-state index in [1.165, 1.54) is 10.5 Å². The Bertz CT molecular complexity index is 321. The quantitative estimate of drug-likeness (QED) is 0.858. The molecule has 2 nitrogen and oxygen atoms in total. The van der Waals surface area contributed by atoms with Gasteiger partial charge in [-0.25, -0.2) is 0 Å². The van der Waals surface area contributed by atoms with Crippen molar-refractivity contribution in [1.29, 1.82) is 0 Å². The van der Waals surface area contributed by atoms with E-state index in [9.17, 15) is 0 Å². The fourth-order valence-electron chi connectivity index (χ4n) is 2.10. The minimum absolute atomic E-state index is 0. The largest absolute Gasteiger partial charge is 0.328 e. The maximum atomic E-state index is 5.90. The molecule has 4 heteroatoms. The van der Waals surface area contributed by atoms with Gasteiger partial charge in [-0.2, -0.15) is 0 Å². The zero-order chi connectivity index (χ0) is 11.4. The average molecular weight is 273 g/mol. The second kappa shape index (κ2) is 7.27. The molecule has 0 radical (unpaired) electrons. The van der Waals surface area contributed by atoms with Crippen molar-refractivity contribution in [3.05, 3.63) is 29.8 Å². The van der Waals surface area contributed by atoms with Crippen LogP contribution in [0.5, 0.6) is 0 Å². The Morgan fingerprint density at radius 2 is 1.82 bits per heavy atom. The highest BCUT2D eigenvalue weighted by molar-refractivity contribution is 7.98. The van der Waals surface area contributed by atoms with Crippen LogP contribution in [0.3, 0.4) is 0 Å². The number of hydrogen-bond donors (Lipinski definition) is 1. The van der Waals surface area contributed by atoms with Crippen molar-refractivity contribution in [2.24, 2.45) is 5.73 Å². The molecule has 0 aliphatic carbocycles. The maximum Gasteiger partial charge on any atom is 0.0233 e. The predicted molar refractivity (Wildman–Crippen MR) is 78.0 cm³/mol. The fourth-order valence-corrected chi connectivity index (χ4v) is 2.51. The van der Waals surface area contributed by atoms with E-state index in [0.29, 0.717) is 6.04 Å². The summed E-state index contributed by atoms with van der Waals surface area (Å²) in [6, 6.07) is 9.31. The van der Waals surface area contributed by atoms with E-state index in [1.54, 1.807) is 11.8 Å². The van der Waals surface area contributed by atoms with Gasteiger partial charge in [0.05, 0.1) is 0 Å². The molecule has 0 atom stereocenters. The van der Waals surface area contributed by atoms with E-state index < -0.39 is 0 Å². The van der Waals surface area contributed by atoms with Gasteiger partial charge in [0.25, 0.3) is 0 Å². The molecule has 0 saturated carbocycles. The molecular formula is C13H21ClN2S. The minimum Gasteiger partial charge on any atom is -0.328 e. The number of rotatable bonds is 3. The molecule has 2 rings (SSSR count). The van der Waals surface area contributed by atoms with Gasteiger partial charge in [0.2, 0.25) is 0 Å². The first kappa shape index (κ1) is 14.8. The molecule has 17 heavy (non-hydrogen) atoms. The highest BCUT2D eigenvalue weighted by Gasteiger charge is 2.15. The molecule has 2 N–H and O–H groups in total. The highest BCUT2D eigenvalue weighted by Crippen LogP contribution is 2.17. The van der Waals surface area contributed by atoms with Crippen LogP contribution < -0.4 is 5.73 Å². The van der Waals surface area contributed by atoms with Gasteiger partial charge in [-0.3, -0.25) is 4.90 Å². The molecule has 0 spiro atoms. The van der Waals surface area contributed by atoms with Crippen LogP contribution in [0.1, 0.15) is 18.4 Å². The molecule has 0 amide bonds. The number of thioether (sulfide) groups is 1. The van der Waals surface area contributed by atoms with Crippen molar-refractivity contribution in [1.82, 2.24) is 4.90 Å². The van der Waals surface area contributed by atoms with Gasteiger partial charge >= 0.3 is 0 Å². The maximum absolute atomic E-state index is 5.90. The number of nitrogens with two attached hydrogens (primary N) is 1. The van der Waals surface area contributed by atoms with E-state index >= 15 is 0 Å². The smallest absolute Gasteiger partial charge is 0.0233 e. The summed E-state index contributed by atoms with van der Waals surface area (Å²) in [6.07, 6.45) is 4.40. The monoisotopic (exact) mass is 272 g/mol. The first-order valence-corrected chi connectivity index (χ1v) is 7.11. The summed E-state index contributed by atoms with van der Waals surface area (Å²) in [5.41, 5.74) is 7.31. The molecule has 1 fully saturated rings. The lowest BCUT2D eigenvalue weighted by Crippen LogP contribution is -2.39. The summed E-state index contributed by atoms with van der Waals surface area (Å²) in [6.45, 7) is 3.36. The van der Waals surface area contributed by atoms with E-state index in [0.717, 1.165) is 32.5 Å². The molecule has 1 aromatic rings. The Labute approximate surface area is 114 Å². The fraction of sp³-hybridized carbons (Fsp3) is 0.538. The Balaban J connectivity index is 0.00000144. The molecule has 96 valence electrons. The number of likely N-dealkylation sites (tertiary alicyclic amines) is 1. The summed E-state index contributed by atoms with van der Waals surface area (Å²) < 4.78 is 0. The number of halogens is 1. The van der Waals surface area contributed by atoms with E-state index in [4.69, 9.17) is 5.73 Å². The Morgan fingerprint density at radius 1 is 1.24 bits per heavy atom. The third-order valence-corrected chi connectivity index (χ3v) is 3.94. The van der Waals surface area contributed by atoms with Crippen LogP contribution in [-0.4, -0.2) is 30.3 Å². The van der Waals surface area contributed by atoms with Crippen LogP contribution >= 0.6 is 24.2 Å². The molecule has 0 aromatic heterocycles.